The molecule has 1 saturated heterocycles. The maximum absolute atomic E-state index is 13.0. The van der Waals surface area contributed by atoms with Gasteiger partial charge in [0.15, 0.2) is 5.78 Å². The number of ketones is 1. The molecule has 30 heavy (non-hydrogen) atoms. The van der Waals surface area contributed by atoms with Crippen LogP contribution in [0.25, 0.3) is 0 Å². The molecule has 0 aliphatic carbocycles. The van der Waals surface area contributed by atoms with Crippen molar-refractivity contribution in [2.24, 2.45) is 0 Å². The largest absolute Gasteiger partial charge is 0.477 e. The van der Waals surface area contributed by atoms with Crippen LogP contribution < -0.4 is 5.32 Å². The Morgan fingerprint density at radius 1 is 1.30 bits per heavy atom. The van der Waals surface area contributed by atoms with Crippen LogP contribution in [-0.4, -0.2) is 77.8 Å². The van der Waals surface area contributed by atoms with Crippen molar-refractivity contribution >= 4 is 41.3 Å². The molecule has 2 aliphatic heterocycles. The van der Waals surface area contributed by atoms with Gasteiger partial charge >= 0.3 is 11.9 Å². The van der Waals surface area contributed by atoms with Crippen LogP contribution in [0.4, 0.5) is 0 Å². The summed E-state index contributed by atoms with van der Waals surface area (Å²) < 4.78 is 4.87. The monoisotopic (exact) mass is 435 g/mol. The van der Waals surface area contributed by atoms with E-state index in [9.17, 15) is 29.1 Å². The third-order valence-corrected chi connectivity index (χ3v) is 5.96. The van der Waals surface area contributed by atoms with Crippen LogP contribution in [0.5, 0.6) is 0 Å². The summed E-state index contributed by atoms with van der Waals surface area (Å²) in [5.41, 5.74) is -2.03. The van der Waals surface area contributed by atoms with E-state index in [1.807, 2.05) is 0 Å². The van der Waals surface area contributed by atoms with Crippen LogP contribution in [0.15, 0.2) is 23.9 Å². The summed E-state index contributed by atoms with van der Waals surface area (Å²) in [5.74, 6) is -3.91. The number of nitrogens with one attached hydrogen (secondary N) is 1. The average molecular weight is 435 g/mol. The van der Waals surface area contributed by atoms with Crippen molar-refractivity contribution in [2.75, 3.05) is 12.4 Å². The van der Waals surface area contributed by atoms with E-state index in [1.54, 1.807) is 0 Å². The number of aliphatic carboxylic acids is 1. The summed E-state index contributed by atoms with van der Waals surface area (Å²) >= 11 is 1.10. The first-order valence-electron chi connectivity index (χ1n) is 8.65. The standard InChI is InChI=1S/C17H17N5O7S/c1-8(23)17(21-12(25)3-11-19-6-18-7-20-11)15(28)22-13(14(26)27)10(4-29-9(2)24)5-30-16(17)22/h6-7,16H,3-5H2,1-2H3,(H,21,25)(H,26,27)/t16-,17+/m1/s1. The van der Waals surface area contributed by atoms with Gasteiger partial charge in [0.1, 0.15) is 36.2 Å². The highest BCUT2D eigenvalue weighted by Gasteiger charge is 2.68. The zero-order valence-electron chi connectivity index (χ0n) is 15.9. The molecule has 0 saturated carbocycles. The first-order valence-corrected chi connectivity index (χ1v) is 9.70. The lowest BCUT2D eigenvalue weighted by atomic mass is 9.82. The smallest absolute Gasteiger partial charge is 0.352 e. The number of β-lactam (4-membered cyclic amide) rings is 1. The minimum absolute atomic E-state index is 0.0989. The predicted molar refractivity (Wildman–Crippen MR) is 99.5 cm³/mol. The molecule has 3 heterocycles. The van der Waals surface area contributed by atoms with Gasteiger partial charge in [-0.25, -0.2) is 19.7 Å². The molecule has 0 spiro atoms. The van der Waals surface area contributed by atoms with Crippen molar-refractivity contribution in [3.05, 3.63) is 29.7 Å². The topological polar surface area (TPSA) is 169 Å². The molecular formula is C17H17N5O7S. The maximum Gasteiger partial charge on any atom is 0.352 e. The Kier molecular flexibility index (Phi) is 5.82. The lowest BCUT2D eigenvalue weighted by Gasteiger charge is -2.55. The van der Waals surface area contributed by atoms with Crippen molar-refractivity contribution in [1.82, 2.24) is 25.2 Å². The van der Waals surface area contributed by atoms with Crippen LogP contribution in [0.1, 0.15) is 19.7 Å². The number of carbonyl (C=O) groups excluding carboxylic acids is 4. The zero-order valence-corrected chi connectivity index (χ0v) is 16.8. The SMILES string of the molecule is CC(=O)OCC1=C(C(=O)O)N2C(=O)[C@@](NC(=O)Cc3ncncn3)(C(C)=O)[C@H]2SC1. The first kappa shape index (κ1) is 21.4. The number of nitrogens with zero attached hydrogens (tertiary/aromatic N) is 4. The number of aromatic nitrogens is 3. The Morgan fingerprint density at radius 2 is 1.97 bits per heavy atom. The summed E-state index contributed by atoms with van der Waals surface area (Å²) in [4.78, 5) is 73.0. The zero-order chi connectivity index (χ0) is 22.1. The summed E-state index contributed by atoms with van der Waals surface area (Å²) in [6.07, 6.45) is 2.12. The summed E-state index contributed by atoms with van der Waals surface area (Å²) in [6.45, 7) is 2.04. The second-order valence-corrected chi connectivity index (χ2v) is 7.59. The fourth-order valence-electron chi connectivity index (χ4n) is 3.21. The van der Waals surface area contributed by atoms with Crippen molar-refractivity contribution in [2.45, 2.75) is 31.2 Å². The number of amides is 2. The molecule has 1 aromatic heterocycles. The predicted octanol–water partition coefficient (Wildman–Crippen LogP) is -1.32. The number of hydrogen-bond acceptors (Lipinski definition) is 10. The Morgan fingerprint density at radius 3 is 2.53 bits per heavy atom. The van der Waals surface area contributed by atoms with Gasteiger partial charge in [-0.1, -0.05) is 0 Å². The average Bonchev–Trinajstić information content (AvgIpc) is 2.69. The minimum atomic E-state index is -1.90. The number of carboxylic acid groups (broad SMARTS) is 1. The molecule has 2 aliphatic rings. The number of hydrogen-bond donors (Lipinski definition) is 2. The molecule has 0 aromatic carbocycles. The van der Waals surface area contributed by atoms with Gasteiger partial charge in [0.05, 0.1) is 6.42 Å². The normalized spacial score (nSPS) is 22.7. The van der Waals surface area contributed by atoms with Crippen LogP contribution in [0.2, 0.25) is 0 Å². The van der Waals surface area contributed by atoms with E-state index in [1.165, 1.54) is 19.6 Å². The third kappa shape index (κ3) is 3.63. The van der Waals surface area contributed by atoms with E-state index in [0.717, 1.165) is 23.6 Å². The van der Waals surface area contributed by atoms with E-state index in [0.29, 0.717) is 0 Å². The Labute approximate surface area is 174 Å². The van der Waals surface area contributed by atoms with E-state index in [4.69, 9.17) is 4.74 Å². The Balaban J connectivity index is 1.86. The molecule has 1 fully saturated rings. The number of carbonyl (C=O) groups is 5. The highest BCUT2D eigenvalue weighted by atomic mass is 32.2. The molecule has 3 rings (SSSR count). The van der Waals surface area contributed by atoms with E-state index < -0.39 is 40.4 Å². The highest BCUT2D eigenvalue weighted by molar-refractivity contribution is 8.00. The molecule has 1 aromatic rings. The number of carboxylic acids is 1. The van der Waals surface area contributed by atoms with Gasteiger partial charge in [-0.3, -0.25) is 24.1 Å². The third-order valence-electron chi connectivity index (χ3n) is 4.56. The lowest BCUT2D eigenvalue weighted by Crippen LogP contribution is -2.82. The van der Waals surface area contributed by atoms with Crippen LogP contribution in [0, 0.1) is 0 Å². The van der Waals surface area contributed by atoms with Crippen molar-refractivity contribution < 1.29 is 33.8 Å². The van der Waals surface area contributed by atoms with Gasteiger partial charge in [-0.2, -0.15) is 0 Å². The molecule has 0 unspecified atom stereocenters. The maximum atomic E-state index is 13.0. The van der Waals surface area contributed by atoms with Gasteiger partial charge in [-0.05, 0) is 6.92 Å². The number of esters is 1. The Hall–Kier alpha value is -3.35. The van der Waals surface area contributed by atoms with Crippen molar-refractivity contribution in [3.8, 4) is 0 Å². The second-order valence-electron chi connectivity index (χ2n) is 6.52. The molecule has 0 radical (unpaired) electrons. The second kappa shape index (κ2) is 8.18. The van der Waals surface area contributed by atoms with Gasteiger partial charge < -0.3 is 15.2 Å². The molecule has 0 bridgehead atoms. The van der Waals surface area contributed by atoms with E-state index in [-0.39, 0.29) is 35.9 Å². The summed E-state index contributed by atoms with van der Waals surface area (Å²) in [5, 5.41) is 11.1. The highest BCUT2D eigenvalue weighted by Crippen LogP contribution is 2.46. The molecule has 13 heteroatoms. The van der Waals surface area contributed by atoms with Gasteiger partial charge in [-0.15, -0.1) is 11.8 Å². The number of ether oxygens (including phenoxy) is 1. The molecular weight excluding hydrogens is 418 g/mol. The molecule has 2 atom stereocenters. The molecule has 2 N–H and O–H groups in total. The summed E-state index contributed by atoms with van der Waals surface area (Å²) in [6, 6.07) is 0. The Bertz CT molecular complexity index is 967. The number of thioether (sulfide) groups is 1. The number of rotatable bonds is 7. The first-order chi connectivity index (χ1) is 14.2. The summed E-state index contributed by atoms with van der Waals surface area (Å²) in [7, 11) is 0. The molecule has 12 nitrogen and oxygen atoms in total. The number of Topliss-reactive ketones (excluding diaryl/α,β-unsaturated/α-hetero) is 1. The van der Waals surface area contributed by atoms with Gasteiger partial charge in [0.25, 0.3) is 5.91 Å². The van der Waals surface area contributed by atoms with Crippen molar-refractivity contribution in [3.63, 3.8) is 0 Å². The number of fused-ring (bicyclic) bond motifs is 1. The van der Waals surface area contributed by atoms with Crippen molar-refractivity contribution in [1.29, 1.82) is 0 Å². The van der Waals surface area contributed by atoms with Gasteiger partial charge in [0.2, 0.25) is 11.4 Å². The minimum Gasteiger partial charge on any atom is -0.477 e. The quantitative estimate of drug-likeness (QED) is 0.296. The van der Waals surface area contributed by atoms with E-state index in [2.05, 4.69) is 20.3 Å². The fraction of sp³-hybridized carbons (Fsp3) is 0.412. The van der Waals surface area contributed by atoms with Crippen LogP contribution in [-0.2, 0) is 35.1 Å². The fourth-order valence-corrected chi connectivity index (χ4v) is 4.71. The van der Waals surface area contributed by atoms with Gasteiger partial charge in [0, 0.05) is 18.2 Å². The lowest BCUT2D eigenvalue weighted by molar-refractivity contribution is -0.163. The van der Waals surface area contributed by atoms with Crippen LogP contribution >= 0.6 is 11.8 Å². The van der Waals surface area contributed by atoms with Crippen LogP contribution in [0.3, 0.4) is 0 Å². The van der Waals surface area contributed by atoms with E-state index >= 15 is 0 Å². The molecule has 2 amide bonds. The molecule has 158 valence electrons.